The van der Waals surface area contributed by atoms with E-state index in [-0.39, 0.29) is 36.6 Å². The fraction of sp³-hybridized carbons (Fsp3) is 0.417. The maximum atomic E-state index is 13.5. The lowest BCUT2D eigenvalue weighted by molar-refractivity contribution is -0.138. The highest BCUT2D eigenvalue weighted by atomic mass is 19.4. The van der Waals surface area contributed by atoms with Gasteiger partial charge in [0.05, 0.1) is 17.8 Å². The number of halogens is 4. The number of hydrogen-bond acceptors (Lipinski definition) is 3. The topological polar surface area (TPSA) is 41.9 Å². The largest absolute Gasteiger partial charge is 0.416 e. The Morgan fingerprint density at radius 2 is 1.81 bits per heavy atom. The summed E-state index contributed by atoms with van der Waals surface area (Å²) in [6.07, 6.45) is -4.16. The van der Waals surface area contributed by atoms with Crippen LogP contribution in [-0.2, 0) is 22.4 Å². The van der Waals surface area contributed by atoms with E-state index in [4.69, 9.17) is 4.84 Å². The molecule has 8 heteroatoms. The van der Waals surface area contributed by atoms with Gasteiger partial charge in [-0.3, -0.25) is 4.79 Å². The van der Waals surface area contributed by atoms with Gasteiger partial charge in [0.25, 0.3) is 0 Å². The fourth-order valence-electron chi connectivity index (χ4n) is 3.45. The van der Waals surface area contributed by atoms with Gasteiger partial charge in [-0.2, -0.15) is 13.2 Å². The van der Waals surface area contributed by atoms with Crippen LogP contribution < -0.4 is 0 Å². The fourth-order valence-corrected chi connectivity index (χ4v) is 3.45. The molecular weight excluding hydrogens is 424 g/mol. The van der Waals surface area contributed by atoms with E-state index >= 15 is 0 Å². The summed E-state index contributed by atoms with van der Waals surface area (Å²) in [4.78, 5) is 20.1. The zero-order valence-electron chi connectivity index (χ0n) is 18.2. The van der Waals surface area contributed by atoms with Gasteiger partial charge >= 0.3 is 6.18 Å². The van der Waals surface area contributed by atoms with E-state index in [0.29, 0.717) is 23.3 Å². The molecule has 0 bridgehead atoms. The van der Waals surface area contributed by atoms with Gasteiger partial charge < -0.3 is 9.74 Å². The van der Waals surface area contributed by atoms with Gasteiger partial charge in [-0.1, -0.05) is 50.2 Å². The first-order valence-electron chi connectivity index (χ1n) is 10.3. The lowest BCUT2D eigenvalue weighted by atomic mass is 9.91. The Bertz CT molecular complexity index is 979. The number of amides is 1. The molecule has 0 fully saturated rings. The molecule has 3 rings (SSSR count). The standard InChI is InChI=1S/C24H26F4N2O2/c1-23(2,3)13-22(31)30(14-16-7-9-18(10-8-16)24(26,27)28)15-20-12-21(29-32-20)17-5-4-6-19(25)11-17/h4-11,20H,12-15H2,1-3H3/t20-/m0/s1. The highest BCUT2D eigenvalue weighted by Crippen LogP contribution is 2.29. The molecule has 1 heterocycles. The molecule has 2 aromatic rings. The molecule has 0 aliphatic carbocycles. The average Bonchev–Trinajstić information content (AvgIpc) is 3.14. The zero-order valence-corrected chi connectivity index (χ0v) is 18.2. The molecule has 0 aromatic heterocycles. The van der Waals surface area contributed by atoms with Crippen LogP contribution in [0.2, 0.25) is 0 Å². The van der Waals surface area contributed by atoms with E-state index in [1.54, 1.807) is 17.0 Å². The van der Waals surface area contributed by atoms with Crippen LogP contribution in [-0.4, -0.2) is 29.2 Å². The summed E-state index contributed by atoms with van der Waals surface area (Å²) in [5, 5.41) is 4.05. The third kappa shape index (κ3) is 6.55. The molecule has 0 spiro atoms. The van der Waals surface area contributed by atoms with Crippen molar-refractivity contribution in [1.29, 1.82) is 0 Å². The first kappa shape index (κ1) is 23.8. The summed E-state index contributed by atoms with van der Waals surface area (Å²) in [6.45, 7) is 6.20. The van der Waals surface area contributed by atoms with Crippen molar-refractivity contribution in [1.82, 2.24) is 4.90 Å². The van der Waals surface area contributed by atoms with Crippen LogP contribution in [0.25, 0.3) is 0 Å². The van der Waals surface area contributed by atoms with Crippen molar-refractivity contribution < 1.29 is 27.2 Å². The lowest BCUT2D eigenvalue weighted by Crippen LogP contribution is -2.38. The summed E-state index contributed by atoms with van der Waals surface area (Å²) >= 11 is 0. The zero-order chi connectivity index (χ0) is 23.5. The molecule has 1 aliphatic rings. The van der Waals surface area contributed by atoms with Gasteiger partial charge in [-0.25, -0.2) is 4.39 Å². The number of hydrogen-bond donors (Lipinski definition) is 0. The molecular formula is C24H26F4N2O2. The Labute approximate surface area is 184 Å². The number of carbonyl (C=O) groups is 1. The Balaban J connectivity index is 1.71. The van der Waals surface area contributed by atoms with Crippen LogP contribution in [0.4, 0.5) is 17.6 Å². The SMILES string of the molecule is CC(C)(C)CC(=O)N(Cc1ccc(C(F)(F)F)cc1)C[C@@H]1CC(c2cccc(F)c2)=NO1. The van der Waals surface area contributed by atoms with E-state index in [2.05, 4.69) is 5.16 Å². The second-order valence-corrected chi connectivity index (χ2v) is 9.19. The number of benzene rings is 2. The highest BCUT2D eigenvalue weighted by Gasteiger charge is 2.31. The van der Waals surface area contributed by atoms with Crippen LogP contribution in [0.1, 0.15) is 50.3 Å². The summed E-state index contributed by atoms with van der Waals surface area (Å²) < 4.78 is 52.1. The third-order valence-corrected chi connectivity index (χ3v) is 5.00. The summed E-state index contributed by atoms with van der Waals surface area (Å²) in [6, 6.07) is 10.8. The second kappa shape index (κ2) is 9.30. The van der Waals surface area contributed by atoms with E-state index in [1.807, 2.05) is 20.8 Å². The molecule has 32 heavy (non-hydrogen) atoms. The average molecular weight is 450 g/mol. The summed E-state index contributed by atoms with van der Waals surface area (Å²) in [5.41, 5.74) is 0.801. The Morgan fingerprint density at radius 3 is 2.41 bits per heavy atom. The monoisotopic (exact) mass is 450 g/mol. The van der Waals surface area contributed by atoms with Crippen LogP contribution in [0, 0.1) is 11.2 Å². The maximum absolute atomic E-state index is 13.5. The van der Waals surface area contributed by atoms with Crippen LogP contribution in [0.15, 0.2) is 53.7 Å². The summed E-state index contributed by atoms with van der Waals surface area (Å²) in [5.74, 6) is -0.502. The summed E-state index contributed by atoms with van der Waals surface area (Å²) in [7, 11) is 0. The molecule has 0 unspecified atom stereocenters. The third-order valence-electron chi connectivity index (χ3n) is 5.00. The number of oxime groups is 1. The van der Waals surface area contributed by atoms with Crippen LogP contribution in [0.3, 0.4) is 0 Å². The van der Waals surface area contributed by atoms with Gasteiger partial charge in [-0.15, -0.1) is 0 Å². The van der Waals surface area contributed by atoms with Crippen LogP contribution in [0.5, 0.6) is 0 Å². The first-order valence-corrected chi connectivity index (χ1v) is 10.3. The molecule has 0 saturated carbocycles. The Morgan fingerprint density at radius 1 is 1.12 bits per heavy atom. The molecule has 1 amide bonds. The number of alkyl halides is 3. The van der Waals surface area contributed by atoms with Gasteiger partial charge in [0.2, 0.25) is 5.91 Å². The van der Waals surface area contributed by atoms with Crippen molar-refractivity contribution in [2.75, 3.05) is 6.54 Å². The minimum Gasteiger partial charge on any atom is -0.390 e. The predicted molar refractivity (Wildman–Crippen MR) is 113 cm³/mol. The van der Waals surface area contributed by atoms with E-state index in [1.165, 1.54) is 24.3 Å². The van der Waals surface area contributed by atoms with Crippen molar-refractivity contribution >= 4 is 11.6 Å². The van der Waals surface area contributed by atoms with Crippen molar-refractivity contribution in [3.8, 4) is 0 Å². The molecule has 0 N–H and O–H groups in total. The first-order chi connectivity index (χ1) is 14.9. The van der Waals surface area contributed by atoms with Gasteiger partial charge in [-0.05, 0) is 35.2 Å². The minimum atomic E-state index is -4.41. The van der Waals surface area contributed by atoms with E-state index in [0.717, 1.165) is 12.1 Å². The van der Waals surface area contributed by atoms with Gasteiger partial charge in [0, 0.05) is 24.9 Å². The van der Waals surface area contributed by atoms with Gasteiger partial charge in [0.15, 0.2) is 6.10 Å². The number of rotatable bonds is 6. The van der Waals surface area contributed by atoms with E-state index < -0.39 is 17.8 Å². The molecule has 2 aromatic carbocycles. The quantitative estimate of drug-likeness (QED) is 0.522. The normalized spacial score (nSPS) is 16.5. The molecule has 0 radical (unpaired) electrons. The molecule has 1 atom stereocenters. The lowest BCUT2D eigenvalue weighted by Gasteiger charge is -2.28. The second-order valence-electron chi connectivity index (χ2n) is 9.19. The predicted octanol–water partition coefficient (Wildman–Crippen LogP) is 5.80. The van der Waals surface area contributed by atoms with E-state index in [9.17, 15) is 22.4 Å². The van der Waals surface area contributed by atoms with Crippen molar-refractivity contribution in [2.24, 2.45) is 10.6 Å². The number of carbonyl (C=O) groups excluding carboxylic acids is 1. The number of nitrogens with zero attached hydrogens (tertiary/aromatic N) is 2. The molecule has 0 saturated heterocycles. The minimum absolute atomic E-state index is 0.125. The van der Waals surface area contributed by atoms with Crippen LogP contribution >= 0.6 is 0 Å². The maximum Gasteiger partial charge on any atom is 0.416 e. The Hall–Kier alpha value is -2.90. The molecule has 172 valence electrons. The smallest absolute Gasteiger partial charge is 0.390 e. The van der Waals surface area contributed by atoms with Crippen molar-refractivity contribution in [3.05, 3.63) is 71.0 Å². The van der Waals surface area contributed by atoms with Gasteiger partial charge in [0.1, 0.15) is 5.82 Å². The highest BCUT2D eigenvalue weighted by molar-refractivity contribution is 6.01. The Kier molecular flexibility index (Phi) is 6.91. The van der Waals surface area contributed by atoms with Crippen molar-refractivity contribution in [3.63, 3.8) is 0 Å². The van der Waals surface area contributed by atoms with Crippen molar-refractivity contribution in [2.45, 2.75) is 52.4 Å². The molecule has 4 nitrogen and oxygen atoms in total. The molecule has 1 aliphatic heterocycles.